The van der Waals surface area contributed by atoms with Crippen molar-refractivity contribution in [1.82, 2.24) is 39.5 Å². The molecule has 0 aliphatic carbocycles. The summed E-state index contributed by atoms with van der Waals surface area (Å²) < 4.78 is 22.2. The molecular weight excluding hydrogens is 855 g/mol. The van der Waals surface area contributed by atoms with Crippen LogP contribution in [0.15, 0.2) is 60.7 Å². The molecule has 0 unspecified atom stereocenters. The maximum Gasteiger partial charge on any atom is 0.421 e. The molecule has 2 fully saturated rings. The smallest absolute Gasteiger partial charge is 0.421 e. The Morgan fingerprint density at radius 3 is 1.83 bits per heavy atom. The van der Waals surface area contributed by atoms with Gasteiger partial charge in [-0.25, -0.2) is 44.1 Å². The van der Waals surface area contributed by atoms with Crippen LogP contribution in [0, 0.1) is 0 Å². The van der Waals surface area contributed by atoms with E-state index < -0.39 is 41.6 Å². The van der Waals surface area contributed by atoms with E-state index in [-0.39, 0.29) is 49.3 Å². The fourth-order valence-electron chi connectivity index (χ4n) is 7.59. The van der Waals surface area contributed by atoms with Crippen LogP contribution >= 0.6 is 0 Å². The summed E-state index contributed by atoms with van der Waals surface area (Å²) in [5.74, 6) is 0.427. The Bertz CT molecular complexity index is 2740. The van der Waals surface area contributed by atoms with E-state index in [0.717, 1.165) is 18.4 Å². The molecule has 4 aromatic heterocycles. The number of nitrogens with one attached hydrogen (secondary N) is 1. The summed E-state index contributed by atoms with van der Waals surface area (Å²) in [7, 11) is 1.25. The highest BCUT2D eigenvalue weighted by atomic mass is 16.6. The second kappa shape index (κ2) is 20.1. The first-order chi connectivity index (χ1) is 31.6. The number of ether oxygens (including phenoxy) is 4. The van der Waals surface area contributed by atoms with E-state index in [1.165, 1.54) is 11.7 Å². The molecule has 6 heterocycles. The first-order valence-electron chi connectivity index (χ1n) is 21.1. The largest absolute Gasteiger partial charge is 0.467 e. The van der Waals surface area contributed by atoms with Crippen LogP contribution in [0.3, 0.4) is 0 Å². The van der Waals surface area contributed by atoms with Gasteiger partial charge in [-0.1, -0.05) is 60.7 Å². The summed E-state index contributed by atoms with van der Waals surface area (Å²) in [6.45, 7) is 5.74. The van der Waals surface area contributed by atoms with Gasteiger partial charge in [-0.2, -0.15) is 0 Å². The molecule has 66 heavy (non-hydrogen) atoms. The minimum absolute atomic E-state index is 0.0681. The number of anilines is 2. The van der Waals surface area contributed by atoms with E-state index in [4.69, 9.17) is 41.4 Å². The lowest BCUT2D eigenvalue weighted by Crippen LogP contribution is -2.41. The van der Waals surface area contributed by atoms with Gasteiger partial charge in [0.2, 0.25) is 17.7 Å². The minimum Gasteiger partial charge on any atom is -0.467 e. The van der Waals surface area contributed by atoms with E-state index in [1.54, 1.807) is 25.7 Å². The molecule has 0 bridgehead atoms. The number of hydrogen-bond acceptors (Lipinski definition) is 17. The monoisotopic (exact) mass is 905 g/mol. The Morgan fingerprint density at radius 1 is 0.712 bits per heavy atom. The second-order valence-corrected chi connectivity index (χ2v) is 16.4. The molecule has 2 aromatic carbocycles. The first kappa shape index (κ1) is 46.4. The molecule has 0 radical (unpaired) electrons. The van der Waals surface area contributed by atoms with Crippen LogP contribution < -0.4 is 27.0 Å². The molecule has 22 nitrogen and oxygen atoms in total. The number of nitrogens with zero attached hydrogens (tertiary/aromatic N) is 9. The lowest BCUT2D eigenvalue weighted by Gasteiger charge is -2.24. The number of hydrogen-bond donors (Lipinski definition) is 4. The highest BCUT2D eigenvalue weighted by Crippen LogP contribution is 2.34. The average molecular weight is 906 g/mol. The zero-order chi connectivity index (χ0) is 47.1. The normalized spacial score (nSPS) is 16.0. The van der Waals surface area contributed by atoms with Crippen molar-refractivity contribution in [3.05, 3.63) is 72.3 Å². The van der Waals surface area contributed by atoms with Crippen molar-refractivity contribution in [2.45, 2.75) is 77.4 Å². The van der Waals surface area contributed by atoms with Crippen LogP contribution in [0.1, 0.15) is 58.1 Å². The number of amides is 3. The summed E-state index contributed by atoms with van der Waals surface area (Å²) in [5.41, 5.74) is 18.6. The van der Waals surface area contributed by atoms with Gasteiger partial charge >= 0.3 is 12.1 Å². The van der Waals surface area contributed by atoms with Crippen molar-refractivity contribution in [3.8, 4) is 22.8 Å². The lowest BCUT2D eigenvalue weighted by molar-refractivity contribution is -0.146. The fraction of sp³-hybridized carbons (Fsp3) is 0.386. The van der Waals surface area contributed by atoms with Crippen LogP contribution in [0.2, 0.25) is 0 Å². The van der Waals surface area contributed by atoms with E-state index in [2.05, 4.69) is 29.7 Å². The number of carbonyl (C=O) groups excluding carboxylic acids is 5. The predicted octanol–water partition coefficient (Wildman–Crippen LogP) is 2.90. The quantitative estimate of drug-likeness (QED) is 0.114. The van der Waals surface area contributed by atoms with Crippen LogP contribution in [0.4, 0.5) is 16.4 Å². The lowest BCUT2D eigenvalue weighted by atomic mass is 10.2. The Morgan fingerprint density at radius 2 is 1.27 bits per heavy atom. The number of nitrogens with two attached hydrogens (primary N) is 3. The average Bonchev–Trinajstić information content (AvgIpc) is 4.11. The topological polar surface area (TPSA) is 305 Å². The van der Waals surface area contributed by atoms with Crippen molar-refractivity contribution in [1.29, 1.82) is 0 Å². The molecule has 2 saturated heterocycles. The number of fused-ring (bicyclic) bond motifs is 2. The zero-order valence-electron chi connectivity index (χ0n) is 36.9. The molecule has 22 heteroatoms. The third-order valence-electron chi connectivity index (χ3n) is 10.4. The highest BCUT2D eigenvalue weighted by Gasteiger charge is 2.35. The maximum absolute atomic E-state index is 13.4. The molecular formula is C44H51N13O9. The Balaban J connectivity index is 0.000000202. The van der Waals surface area contributed by atoms with E-state index in [0.29, 0.717) is 71.8 Å². The number of imidazole rings is 2. The molecule has 0 spiro atoms. The summed E-state index contributed by atoms with van der Waals surface area (Å²) >= 11 is 0. The summed E-state index contributed by atoms with van der Waals surface area (Å²) in [6, 6.07) is 17.8. The van der Waals surface area contributed by atoms with E-state index >= 15 is 0 Å². The van der Waals surface area contributed by atoms with Crippen molar-refractivity contribution in [2.24, 2.45) is 17.2 Å². The summed E-state index contributed by atoms with van der Waals surface area (Å²) in [5, 5.41) is 0. The number of rotatable bonds is 14. The molecule has 2 aliphatic heterocycles. The van der Waals surface area contributed by atoms with Crippen LogP contribution in [0.25, 0.3) is 45.1 Å². The van der Waals surface area contributed by atoms with Crippen LogP contribution in [0.5, 0.6) is 0 Å². The molecule has 8 rings (SSSR count). The molecule has 2 aliphatic rings. The van der Waals surface area contributed by atoms with E-state index in [9.17, 15) is 24.0 Å². The number of benzene rings is 2. The number of aromatic amines is 1. The fourth-order valence-corrected chi connectivity index (χ4v) is 7.59. The van der Waals surface area contributed by atoms with Gasteiger partial charge in [0, 0.05) is 24.2 Å². The minimum atomic E-state index is -0.804. The number of carbonyl (C=O) groups is 5. The number of primary amides is 3. The summed E-state index contributed by atoms with van der Waals surface area (Å²) in [4.78, 5) is 94.6. The van der Waals surface area contributed by atoms with Gasteiger partial charge in [-0.05, 0) is 46.5 Å². The number of H-pyrrole nitrogens is 1. The van der Waals surface area contributed by atoms with Gasteiger partial charge in [0.05, 0.1) is 7.11 Å². The number of aromatic nitrogens is 8. The maximum atomic E-state index is 13.4. The zero-order valence-corrected chi connectivity index (χ0v) is 36.9. The summed E-state index contributed by atoms with van der Waals surface area (Å²) in [6.07, 6.45) is 2.10. The SMILES string of the molecule is COC(=O)COCc1nc2c(N3CCC[C@H]3C(N)=O)nc(-c3ccccc3)nc2n1C(=O)OC(C)(C)C.NC(=O)COCc1nc2nc(-c3ccccc3)nc(N3CCC[C@H]3C(N)=O)c2[nH]1. The van der Waals surface area contributed by atoms with Crippen molar-refractivity contribution < 1.29 is 42.9 Å². The molecule has 3 amide bonds. The Kier molecular flexibility index (Phi) is 14.1. The van der Waals surface area contributed by atoms with Gasteiger partial charge in [0.15, 0.2) is 40.1 Å². The number of esters is 1. The number of methoxy groups -OCH3 is 1. The van der Waals surface area contributed by atoms with Crippen molar-refractivity contribution in [2.75, 3.05) is 43.2 Å². The third-order valence-corrected chi connectivity index (χ3v) is 10.4. The standard InChI is InChI=1S/C25H30N6O6.C19H21N7O3/c1-25(2,3)37-24(34)31-17(13-36-14-18(32)35-4)27-19-22(30-12-8-11-16(30)20(26)33)28-21(29-23(19)31)15-9-6-5-7-10-15;20-13(27)9-29-10-14-22-15-18(23-14)24-17(11-5-2-1-3-6-11)25-19(15)26-8-4-7-12(26)16(21)28/h5-7,9-10,16H,8,11-14H2,1-4H3,(H2,26,33);1-3,5-6,12H,4,7-10H2,(H2,20,27)(H2,21,28)(H,22,23,24,25)/t16-;12-/m00/s1. The third kappa shape index (κ3) is 10.7. The highest BCUT2D eigenvalue weighted by molar-refractivity contribution is 5.95. The van der Waals surface area contributed by atoms with Gasteiger partial charge in [0.1, 0.15) is 61.3 Å². The molecule has 346 valence electrons. The second-order valence-electron chi connectivity index (χ2n) is 16.4. The Hall–Kier alpha value is -7.59. The van der Waals surface area contributed by atoms with Crippen LogP contribution in [-0.4, -0.2) is 120 Å². The van der Waals surface area contributed by atoms with Gasteiger partial charge in [0.25, 0.3) is 0 Å². The van der Waals surface area contributed by atoms with Crippen LogP contribution in [-0.2, 0) is 51.3 Å². The molecule has 7 N–H and O–H groups in total. The van der Waals surface area contributed by atoms with E-state index in [1.807, 2.05) is 65.6 Å². The van der Waals surface area contributed by atoms with Gasteiger partial charge in [-0.3, -0.25) is 14.4 Å². The van der Waals surface area contributed by atoms with Crippen molar-refractivity contribution in [3.63, 3.8) is 0 Å². The molecule has 6 aromatic rings. The van der Waals surface area contributed by atoms with Gasteiger partial charge < -0.3 is 50.9 Å². The van der Waals surface area contributed by atoms with Crippen molar-refractivity contribution >= 4 is 63.7 Å². The molecule has 2 atom stereocenters. The Labute approximate surface area is 378 Å². The predicted molar refractivity (Wildman–Crippen MR) is 239 cm³/mol. The first-order valence-corrected chi connectivity index (χ1v) is 21.1. The van der Waals surface area contributed by atoms with Gasteiger partial charge in [-0.15, -0.1) is 0 Å². The molecule has 0 saturated carbocycles.